The van der Waals surface area contributed by atoms with Crippen molar-refractivity contribution in [3.63, 3.8) is 0 Å². The molecule has 0 aliphatic rings. The van der Waals surface area contributed by atoms with E-state index in [1.807, 2.05) is 6.92 Å². The van der Waals surface area contributed by atoms with E-state index in [2.05, 4.69) is 62.0 Å². The van der Waals surface area contributed by atoms with Crippen LogP contribution in [0.25, 0.3) is 11.0 Å². The van der Waals surface area contributed by atoms with Crippen molar-refractivity contribution in [2.45, 2.75) is 46.9 Å². The molecule has 0 aliphatic carbocycles. The summed E-state index contributed by atoms with van der Waals surface area (Å²) in [6.45, 7) is 13.0. The Balaban J connectivity index is 2.43. The average molecular weight is 275 g/mol. The molecule has 3 nitrogen and oxygen atoms in total. The van der Waals surface area contributed by atoms with Gasteiger partial charge in [0.15, 0.2) is 0 Å². The van der Waals surface area contributed by atoms with Gasteiger partial charge in [0.2, 0.25) is 9.04 Å². The molecule has 19 heavy (non-hydrogen) atoms. The highest BCUT2D eigenvalue weighted by atomic mass is 28.3. The number of fused-ring (bicyclic) bond motifs is 1. The highest BCUT2D eigenvalue weighted by Gasteiger charge is 2.28. The Morgan fingerprint density at radius 3 is 2.53 bits per heavy atom. The molecule has 1 aromatic carbocycles. The van der Waals surface area contributed by atoms with Gasteiger partial charge in [0.25, 0.3) is 0 Å². The SMILES string of the molecule is Cc1nc2ccc(C(O[Si](C)C)C(C)(C)C)cc2[nH]1. The fourth-order valence-electron chi connectivity index (χ4n) is 2.30. The summed E-state index contributed by atoms with van der Waals surface area (Å²) in [5.41, 5.74) is 3.43. The molecule has 1 heterocycles. The Morgan fingerprint density at radius 1 is 1.26 bits per heavy atom. The van der Waals surface area contributed by atoms with E-state index in [1.54, 1.807) is 0 Å². The molecule has 4 heteroatoms. The zero-order valence-corrected chi connectivity index (χ0v) is 13.7. The molecule has 1 unspecified atom stereocenters. The highest BCUT2D eigenvalue weighted by molar-refractivity contribution is 6.48. The summed E-state index contributed by atoms with van der Waals surface area (Å²) >= 11 is 0. The van der Waals surface area contributed by atoms with E-state index >= 15 is 0 Å². The Labute approximate surface area is 117 Å². The molecule has 1 radical (unpaired) electrons. The second-order valence-electron chi connectivity index (χ2n) is 6.37. The van der Waals surface area contributed by atoms with Crippen LogP contribution in [0.5, 0.6) is 0 Å². The van der Waals surface area contributed by atoms with Crippen molar-refractivity contribution in [3.8, 4) is 0 Å². The van der Waals surface area contributed by atoms with Gasteiger partial charge >= 0.3 is 0 Å². The Morgan fingerprint density at radius 2 is 1.95 bits per heavy atom. The number of benzene rings is 1. The van der Waals surface area contributed by atoms with E-state index in [4.69, 9.17) is 4.43 Å². The number of H-pyrrole nitrogens is 1. The minimum absolute atomic E-state index is 0.0880. The topological polar surface area (TPSA) is 37.9 Å². The summed E-state index contributed by atoms with van der Waals surface area (Å²) in [6, 6.07) is 6.40. The summed E-state index contributed by atoms with van der Waals surface area (Å²) in [6.07, 6.45) is 0.129. The zero-order valence-electron chi connectivity index (χ0n) is 12.7. The van der Waals surface area contributed by atoms with E-state index < -0.39 is 9.04 Å². The molecule has 2 rings (SSSR count). The molecule has 0 bridgehead atoms. The number of nitrogens with one attached hydrogen (secondary N) is 1. The number of aromatic amines is 1. The third-order valence-corrected chi connectivity index (χ3v) is 3.77. The van der Waals surface area contributed by atoms with Gasteiger partial charge in [-0.3, -0.25) is 0 Å². The standard InChI is InChI=1S/C15H23N2OSi/c1-10-16-12-8-7-11(9-13(12)17-10)14(15(2,3)4)18-19(5)6/h7-9,14H,1-6H3,(H,16,17). The monoisotopic (exact) mass is 275 g/mol. The Kier molecular flexibility index (Phi) is 3.83. The van der Waals surface area contributed by atoms with Crippen LogP contribution < -0.4 is 0 Å². The van der Waals surface area contributed by atoms with Gasteiger partial charge < -0.3 is 9.41 Å². The second kappa shape index (κ2) is 5.10. The van der Waals surface area contributed by atoms with Crippen LogP contribution in [0.2, 0.25) is 13.1 Å². The number of hydrogen-bond acceptors (Lipinski definition) is 2. The van der Waals surface area contributed by atoms with E-state index in [0.29, 0.717) is 0 Å². The van der Waals surface area contributed by atoms with Gasteiger partial charge in [-0.05, 0) is 43.1 Å². The molecular formula is C15H23N2OSi. The molecule has 103 valence electrons. The van der Waals surface area contributed by atoms with E-state index in [-0.39, 0.29) is 11.5 Å². The highest BCUT2D eigenvalue weighted by Crippen LogP contribution is 2.37. The minimum atomic E-state index is -0.736. The summed E-state index contributed by atoms with van der Waals surface area (Å²) in [4.78, 5) is 7.75. The van der Waals surface area contributed by atoms with Crippen LogP contribution in [0.1, 0.15) is 38.3 Å². The largest absolute Gasteiger partial charge is 0.410 e. The summed E-state index contributed by atoms with van der Waals surface area (Å²) in [5.74, 6) is 0.955. The lowest BCUT2D eigenvalue weighted by molar-refractivity contribution is 0.0867. The van der Waals surface area contributed by atoms with Gasteiger partial charge in [0.1, 0.15) is 5.82 Å². The van der Waals surface area contributed by atoms with Crippen molar-refractivity contribution in [1.29, 1.82) is 0 Å². The smallest absolute Gasteiger partial charge is 0.205 e. The Bertz CT molecular complexity index is 569. The molecular weight excluding hydrogens is 252 g/mol. The second-order valence-corrected chi connectivity index (χ2v) is 8.42. The van der Waals surface area contributed by atoms with Crippen LogP contribution in [-0.4, -0.2) is 19.0 Å². The molecule has 0 spiro atoms. The maximum absolute atomic E-state index is 6.22. The van der Waals surface area contributed by atoms with Gasteiger partial charge in [-0.15, -0.1) is 0 Å². The third-order valence-electron chi connectivity index (χ3n) is 3.07. The van der Waals surface area contributed by atoms with Gasteiger partial charge in [-0.2, -0.15) is 0 Å². The van der Waals surface area contributed by atoms with E-state index in [1.165, 1.54) is 5.56 Å². The van der Waals surface area contributed by atoms with Crippen molar-refractivity contribution in [3.05, 3.63) is 29.6 Å². The lowest BCUT2D eigenvalue weighted by atomic mass is 9.85. The van der Waals surface area contributed by atoms with Crippen LogP contribution in [-0.2, 0) is 4.43 Å². The number of hydrogen-bond donors (Lipinski definition) is 1. The first-order valence-electron chi connectivity index (χ1n) is 6.70. The van der Waals surface area contributed by atoms with Crippen LogP contribution in [0.3, 0.4) is 0 Å². The lowest BCUT2D eigenvalue weighted by Gasteiger charge is -2.32. The van der Waals surface area contributed by atoms with Crippen molar-refractivity contribution in [1.82, 2.24) is 9.97 Å². The fourth-order valence-corrected chi connectivity index (χ4v) is 3.26. The van der Waals surface area contributed by atoms with Crippen LogP contribution >= 0.6 is 0 Å². The minimum Gasteiger partial charge on any atom is -0.410 e. The maximum Gasteiger partial charge on any atom is 0.205 e. The third kappa shape index (κ3) is 3.25. The quantitative estimate of drug-likeness (QED) is 0.851. The van der Waals surface area contributed by atoms with Gasteiger partial charge in [0, 0.05) is 0 Å². The molecule has 1 N–H and O–H groups in total. The molecule has 0 amide bonds. The molecule has 1 aromatic heterocycles. The van der Waals surface area contributed by atoms with Crippen LogP contribution in [0, 0.1) is 12.3 Å². The van der Waals surface area contributed by atoms with Crippen LogP contribution in [0.15, 0.2) is 18.2 Å². The van der Waals surface area contributed by atoms with Gasteiger partial charge in [-0.1, -0.05) is 26.8 Å². The summed E-state index contributed by atoms with van der Waals surface area (Å²) in [7, 11) is -0.736. The Hall–Kier alpha value is -1.13. The lowest BCUT2D eigenvalue weighted by Crippen LogP contribution is -2.25. The fraction of sp³-hybridized carbons (Fsp3) is 0.533. The number of imidazole rings is 1. The first-order valence-corrected chi connectivity index (χ1v) is 9.11. The number of aromatic nitrogens is 2. The molecule has 1 atom stereocenters. The summed E-state index contributed by atoms with van der Waals surface area (Å²) in [5, 5.41) is 0. The number of rotatable bonds is 3. The zero-order chi connectivity index (χ0) is 14.2. The van der Waals surface area contributed by atoms with Crippen molar-refractivity contribution < 1.29 is 4.43 Å². The number of aryl methyl sites for hydroxylation is 1. The molecule has 2 aromatic rings. The molecule has 0 saturated heterocycles. The first-order chi connectivity index (χ1) is 8.77. The van der Waals surface area contributed by atoms with Crippen molar-refractivity contribution in [2.75, 3.05) is 0 Å². The van der Waals surface area contributed by atoms with E-state index in [0.717, 1.165) is 16.9 Å². The van der Waals surface area contributed by atoms with Crippen molar-refractivity contribution in [2.24, 2.45) is 5.41 Å². The summed E-state index contributed by atoms with van der Waals surface area (Å²) < 4.78 is 6.22. The predicted octanol–water partition coefficient (Wildman–Crippen LogP) is 4.23. The maximum atomic E-state index is 6.22. The van der Waals surface area contributed by atoms with Gasteiger partial charge in [0.05, 0.1) is 17.1 Å². The van der Waals surface area contributed by atoms with Crippen LogP contribution in [0.4, 0.5) is 0 Å². The molecule has 0 aliphatic heterocycles. The van der Waals surface area contributed by atoms with E-state index in [9.17, 15) is 0 Å². The normalized spacial score (nSPS) is 14.3. The van der Waals surface area contributed by atoms with Crippen molar-refractivity contribution >= 4 is 20.1 Å². The van der Waals surface area contributed by atoms with Gasteiger partial charge in [-0.25, -0.2) is 4.98 Å². The number of nitrogens with zero attached hydrogens (tertiary/aromatic N) is 1. The molecule has 0 saturated carbocycles. The average Bonchev–Trinajstić information content (AvgIpc) is 2.63. The first kappa shape index (κ1) is 14.3. The molecule has 0 fully saturated rings. The predicted molar refractivity (Wildman–Crippen MR) is 81.6 cm³/mol.